The molecule has 84 valence electrons. The average molecular weight is 235 g/mol. The maximum atomic E-state index is 11.2. The van der Waals surface area contributed by atoms with Crippen molar-refractivity contribution >= 4 is 17.4 Å². The summed E-state index contributed by atoms with van der Waals surface area (Å²) in [5.74, 6) is 3.96. The third kappa shape index (κ3) is 1.65. The minimum Gasteiger partial charge on any atom is -0.290 e. The Hall–Kier alpha value is -1.23. The molecule has 1 aliphatic rings. The number of aromatic amines is 1. The second-order valence-electron chi connectivity index (χ2n) is 4.11. The minimum atomic E-state index is 0.0215. The summed E-state index contributed by atoms with van der Waals surface area (Å²) in [6, 6.07) is 3.18. The first-order valence-corrected chi connectivity index (χ1v) is 6.64. The summed E-state index contributed by atoms with van der Waals surface area (Å²) < 4.78 is 2.00. The first kappa shape index (κ1) is 9.96. The number of H-pyrrole nitrogens is 1. The molecule has 1 saturated heterocycles. The van der Waals surface area contributed by atoms with Gasteiger partial charge in [0.1, 0.15) is 11.5 Å². The molecule has 4 nitrogen and oxygen atoms in total. The molecule has 0 spiro atoms. The molecule has 5 heteroatoms. The molecule has 1 atom stereocenters. The van der Waals surface area contributed by atoms with E-state index in [0.717, 1.165) is 17.2 Å². The predicted molar refractivity (Wildman–Crippen MR) is 65.1 cm³/mol. The van der Waals surface area contributed by atoms with Crippen molar-refractivity contribution in [3.8, 4) is 0 Å². The average Bonchev–Trinajstić information content (AvgIpc) is 2.73. The highest BCUT2D eigenvalue weighted by Crippen LogP contribution is 2.29. The zero-order chi connectivity index (χ0) is 11.0. The largest absolute Gasteiger partial charge is 0.290 e. The number of hydrogen-bond donors (Lipinski definition) is 1. The highest BCUT2D eigenvalue weighted by molar-refractivity contribution is 7.99. The Bertz CT molecular complexity index is 554. The van der Waals surface area contributed by atoms with E-state index in [2.05, 4.69) is 10.2 Å². The van der Waals surface area contributed by atoms with Crippen LogP contribution in [0.15, 0.2) is 23.1 Å². The second kappa shape index (κ2) is 3.97. The van der Waals surface area contributed by atoms with Crippen LogP contribution in [0.5, 0.6) is 0 Å². The standard InChI is InChI=1S/C11H13N3OS/c15-9-3-4-14-10(6-9)12-13-11(14)8-2-1-5-16-7-8/h3-4,6,8,12H,1-2,5,7H2. The van der Waals surface area contributed by atoms with Crippen LogP contribution in [-0.4, -0.2) is 26.1 Å². The van der Waals surface area contributed by atoms with Crippen molar-refractivity contribution < 1.29 is 0 Å². The lowest BCUT2D eigenvalue weighted by Crippen LogP contribution is -2.12. The van der Waals surface area contributed by atoms with Gasteiger partial charge < -0.3 is 0 Å². The molecular formula is C11H13N3OS. The van der Waals surface area contributed by atoms with Crippen molar-refractivity contribution in [3.05, 3.63) is 34.4 Å². The number of fused-ring (bicyclic) bond motifs is 1. The van der Waals surface area contributed by atoms with Gasteiger partial charge in [-0.15, -0.1) is 0 Å². The molecule has 0 aromatic carbocycles. The van der Waals surface area contributed by atoms with E-state index >= 15 is 0 Å². The smallest absolute Gasteiger partial charge is 0.183 e. The van der Waals surface area contributed by atoms with Crippen LogP contribution < -0.4 is 5.43 Å². The van der Waals surface area contributed by atoms with Gasteiger partial charge >= 0.3 is 0 Å². The molecule has 2 aromatic heterocycles. The van der Waals surface area contributed by atoms with Crippen molar-refractivity contribution in [2.45, 2.75) is 18.8 Å². The lowest BCUT2D eigenvalue weighted by atomic mass is 10.1. The van der Waals surface area contributed by atoms with Gasteiger partial charge in [0, 0.05) is 30.0 Å². The molecule has 0 saturated carbocycles. The molecule has 1 aliphatic heterocycles. The summed E-state index contributed by atoms with van der Waals surface area (Å²) in [4.78, 5) is 11.2. The summed E-state index contributed by atoms with van der Waals surface area (Å²) in [6.07, 6.45) is 4.26. The fourth-order valence-corrected chi connectivity index (χ4v) is 3.31. The van der Waals surface area contributed by atoms with E-state index in [-0.39, 0.29) is 5.43 Å². The molecule has 0 aliphatic carbocycles. The number of thioether (sulfide) groups is 1. The summed E-state index contributed by atoms with van der Waals surface area (Å²) in [5, 5.41) is 7.28. The predicted octanol–water partition coefficient (Wildman–Crippen LogP) is 1.63. The topological polar surface area (TPSA) is 50.2 Å². The fourth-order valence-electron chi connectivity index (χ4n) is 2.17. The van der Waals surface area contributed by atoms with Crippen LogP contribution in [0.3, 0.4) is 0 Å². The molecule has 3 rings (SSSR count). The van der Waals surface area contributed by atoms with Crippen LogP contribution in [0, 0.1) is 0 Å². The number of nitrogens with one attached hydrogen (secondary N) is 1. The van der Waals surface area contributed by atoms with Gasteiger partial charge in [-0.3, -0.25) is 14.3 Å². The lowest BCUT2D eigenvalue weighted by Gasteiger charge is -2.19. The molecule has 2 aromatic rings. The van der Waals surface area contributed by atoms with Gasteiger partial charge in [-0.05, 0) is 18.6 Å². The van der Waals surface area contributed by atoms with Gasteiger partial charge in [-0.1, -0.05) is 0 Å². The Morgan fingerprint density at radius 1 is 1.56 bits per heavy atom. The Kier molecular flexibility index (Phi) is 2.47. The molecule has 1 unspecified atom stereocenters. The van der Waals surface area contributed by atoms with E-state index in [4.69, 9.17) is 0 Å². The Labute approximate surface area is 97.1 Å². The van der Waals surface area contributed by atoms with Crippen molar-refractivity contribution in [1.82, 2.24) is 14.6 Å². The van der Waals surface area contributed by atoms with Gasteiger partial charge in [0.15, 0.2) is 5.43 Å². The summed E-state index contributed by atoms with van der Waals surface area (Å²) in [7, 11) is 0. The summed E-state index contributed by atoms with van der Waals surface area (Å²) >= 11 is 1.98. The van der Waals surface area contributed by atoms with Crippen LogP contribution >= 0.6 is 11.8 Å². The van der Waals surface area contributed by atoms with E-state index < -0.39 is 0 Å². The zero-order valence-electron chi connectivity index (χ0n) is 8.85. The number of rotatable bonds is 1. The van der Waals surface area contributed by atoms with E-state index in [1.165, 1.54) is 18.6 Å². The normalized spacial score (nSPS) is 21.4. The number of pyridine rings is 1. The van der Waals surface area contributed by atoms with Gasteiger partial charge in [0.25, 0.3) is 0 Å². The molecule has 0 amide bonds. The highest BCUT2D eigenvalue weighted by Gasteiger charge is 2.20. The maximum Gasteiger partial charge on any atom is 0.183 e. The monoisotopic (exact) mass is 235 g/mol. The minimum absolute atomic E-state index is 0.0215. The Morgan fingerprint density at radius 3 is 3.31 bits per heavy atom. The van der Waals surface area contributed by atoms with Crippen molar-refractivity contribution in [2.24, 2.45) is 0 Å². The highest BCUT2D eigenvalue weighted by atomic mass is 32.2. The molecule has 0 bridgehead atoms. The second-order valence-corrected chi connectivity index (χ2v) is 5.26. The van der Waals surface area contributed by atoms with Crippen molar-refractivity contribution in [3.63, 3.8) is 0 Å². The van der Waals surface area contributed by atoms with Gasteiger partial charge in [0.05, 0.1) is 0 Å². The third-order valence-corrected chi connectivity index (χ3v) is 4.20. The third-order valence-electron chi connectivity index (χ3n) is 2.98. The molecule has 3 heterocycles. The molecule has 0 radical (unpaired) electrons. The van der Waals surface area contributed by atoms with E-state index in [9.17, 15) is 4.79 Å². The fraction of sp³-hybridized carbons (Fsp3) is 0.455. The quantitative estimate of drug-likeness (QED) is 0.817. The molecular weight excluding hydrogens is 222 g/mol. The van der Waals surface area contributed by atoms with Gasteiger partial charge in [-0.25, -0.2) is 0 Å². The van der Waals surface area contributed by atoms with Crippen molar-refractivity contribution in [1.29, 1.82) is 0 Å². The SMILES string of the molecule is O=c1ccn2c(C3CCCSC3)n[nH]c2c1. The van der Waals surface area contributed by atoms with Crippen LogP contribution in [0.2, 0.25) is 0 Å². The van der Waals surface area contributed by atoms with Crippen LogP contribution in [0.4, 0.5) is 0 Å². The first-order valence-electron chi connectivity index (χ1n) is 5.49. The van der Waals surface area contributed by atoms with E-state index in [1.54, 1.807) is 12.1 Å². The molecule has 1 fully saturated rings. The van der Waals surface area contributed by atoms with Crippen LogP contribution in [0.1, 0.15) is 24.6 Å². The van der Waals surface area contributed by atoms with Crippen molar-refractivity contribution in [2.75, 3.05) is 11.5 Å². The number of nitrogens with zero attached hydrogens (tertiary/aromatic N) is 2. The molecule has 1 N–H and O–H groups in total. The van der Waals surface area contributed by atoms with Gasteiger partial charge in [-0.2, -0.15) is 16.9 Å². The van der Waals surface area contributed by atoms with E-state index in [0.29, 0.717) is 5.92 Å². The summed E-state index contributed by atoms with van der Waals surface area (Å²) in [6.45, 7) is 0. The zero-order valence-corrected chi connectivity index (χ0v) is 9.67. The number of aromatic nitrogens is 3. The van der Waals surface area contributed by atoms with Crippen LogP contribution in [-0.2, 0) is 0 Å². The number of hydrogen-bond acceptors (Lipinski definition) is 3. The molecule has 16 heavy (non-hydrogen) atoms. The van der Waals surface area contributed by atoms with E-state index in [1.807, 2.05) is 22.4 Å². The first-order chi connectivity index (χ1) is 7.84. The Morgan fingerprint density at radius 2 is 2.50 bits per heavy atom. The lowest BCUT2D eigenvalue weighted by molar-refractivity contribution is 0.617. The Balaban J connectivity index is 2.06. The van der Waals surface area contributed by atoms with Gasteiger partial charge in [0.2, 0.25) is 0 Å². The summed E-state index contributed by atoms with van der Waals surface area (Å²) in [5.41, 5.74) is 0.811. The van der Waals surface area contributed by atoms with Crippen LogP contribution in [0.25, 0.3) is 5.65 Å². The maximum absolute atomic E-state index is 11.2.